The summed E-state index contributed by atoms with van der Waals surface area (Å²) in [5.74, 6) is 0. The van der Waals surface area contributed by atoms with Crippen molar-refractivity contribution in [1.29, 1.82) is 0 Å². The molecule has 1 aromatic carbocycles. The smallest absolute Gasteiger partial charge is 0.411 e. The fourth-order valence-electron chi connectivity index (χ4n) is 1.58. The Morgan fingerprint density at radius 1 is 1.32 bits per heavy atom. The number of hydrogen-bond donors (Lipinski definition) is 2. The molecule has 1 amide bonds. The fourth-order valence-corrected chi connectivity index (χ4v) is 2.22. The lowest BCUT2D eigenvalue weighted by Crippen LogP contribution is -2.11. The van der Waals surface area contributed by atoms with Gasteiger partial charge in [0.25, 0.3) is 0 Å². The van der Waals surface area contributed by atoms with Gasteiger partial charge in [-0.2, -0.15) is 0 Å². The lowest BCUT2D eigenvalue weighted by Gasteiger charge is -2.13. The summed E-state index contributed by atoms with van der Waals surface area (Å²) in [7, 11) is 1.33. The van der Waals surface area contributed by atoms with E-state index in [0.717, 1.165) is 10.7 Å². The van der Waals surface area contributed by atoms with Gasteiger partial charge in [-0.05, 0) is 31.2 Å². The van der Waals surface area contributed by atoms with E-state index in [0.29, 0.717) is 5.69 Å². The van der Waals surface area contributed by atoms with Crippen molar-refractivity contribution in [3.8, 4) is 0 Å². The zero-order valence-corrected chi connectivity index (χ0v) is 11.5. The van der Waals surface area contributed by atoms with Crippen molar-refractivity contribution in [2.75, 3.05) is 17.7 Å². The van der Waals surface area contributed by atoms with Crippen molar-refractivity contribution in [1.82, 2.24) is 4.98 Å². The second-order valence-corrected chi connectivity index (χ2v) is 4.86. The first-order chi connectivity index (χ1) is 9.19. The number of methoxy groups -OCH3 is 1. The summed E-state index contributed by atoms with van der Waals surface area (Å²) in [5, 5.41) is 8.94. The molecule has 0 fully saturated rings. The molecule has 0 bridgehead atoms. The Hall–Kier alpha value is -2.08. The van der Waals surface area contributed by atoms with Crippen LogP contribution < -0.4 is 10.6 Å². The van der Waals surface area contributed by atoms with E-state index >= 15 is 0 Å². The van der Waals surface area contributed by atoms with Gasteiger partial charge in [-0.15, -0.1) is 11.3 Å². The van der Waals surface area contributed by atoms with E-state index in [2.05, 4.69) is 27.3 Å². The molecule has 0 aliphatic heterocycles. The van der Waals surface area contributed by atoms with Crippen molar-refractivity contribution in [2.24, 2.45) is 0 Å². The lowest BCUT2D eigenvalue weighted by molar-refractivity contribution is 0.187. The number of aromatic nitrogens is 1. The van der Waals surface area contributed by atoms with Gasteiger partial charge in [-0.25, -0.2) is 9.78 Å². The largest absolute Gasteiger partial charge is 0.453 e. The molecule has 1 aromatic heterocycles. The van der Waals surface area contributed by atoms with Crippen LogP contribution in [0.3, 0.4) is 0 Å². The summed E-state index contributed by atoms with van der Waals surface area (Å²) in [4.78, 5) is 15.3. The number of hydrogen-bond acceptors (Lipinski definition) is 5. The van der Waals surface area contributed by atoms with Crippen LogP contribution in [0.25, 0.3) is 0 Å². The molecule has 0 spiro atoms. The monoisotopic (exact) mass is 277 g/mol. The molecule has 2 rings (SSSR count). The number of nitrogens with zero attached hydrogens (tertiary/aromatic N) is 1. The number of benzene rings is 1. The third-order valence-corrected chi connectivity index (χ3v) is 3.48. The molecule has 0 aliphatic carbocycles. The first-order valence-electron chi connectivity index (χ1n) is 5.80. The Labute approximate surface area is 115 Å². The van der Waals surface area contributed by atoms with E-state index in [1.54, 1.807) is 17.5 Å². The summed E-state index contributed by atoms with van der Waals surface area (Å²) in [6.45, 7) is 2.06. The fraction of sp³-hybridized carbons (Fsp3) is 0.231. The molecular weight excluding hydrogens is 262 g/mol. The first kappa shape index (κ1) is 13.4. The molecule has 2 N–H and O–H groups in total. The second kappa shape index (κ2) is 6.19. The van der Waals surface area contributed by atoms with Crippen LogP contribution >= 0.6 is 11.3 Å². The van der Waals surface area contributed by atoms with Gasteiger partial charge in [-0.1, -0.05) is 0 Å². The highest BCUT2D eigenvalue weighted by atomic mass is 32.1. The van der Waals surface area contributed by atoms with Crippen molar-refractivity contribution >= 4 is 28.8 Å². The number of carbonyl (C=O) groups is 1. The number of ether oxygens (including phenoxy) is 1. The van der Waals surface area contributed by atoms with Crippen molar-refractivity contribution < 1.29 is 9.53 Å². The van der Waals surface area contributed by atoms with E-state index in [1.807, 2.05) is 29.6 Å². The molecular formula is C13H15N3O2S. The molecule has 5 nitrogen and oxygen atoms in total. The van der Waals surface area contributed by atoms with Gasteiger partial charge in [0.05, 0.1) is 13.2 Å². The number of anilines is 2. The summed E-state index contributed by atoms with van der Waals surface area (Å²) in [5.41, 5.74) is 1.66. The van der Waals surface area contributed by atoms with Crippen LogP contribution in [0.15, 0.2) is 35.8 Å². The molecule has 6 heteroatoms. The maximum absolute atomic E-state index is 11.0. The number of carbonyl (C=O) groups excluding carboxylic acids is 1. The van der Waals surface area contributed by atoms with Crippen molar-refractivity contribution in [3.05, 3.63) is 40.8 Å². The van der Waals surface area contributed by atoms with E-state index in [4.69, 9.17) is 0 Å². The first-order valence-corrected chi connectivity index (χ1v) is 6.68. The van der Waals surface area contributed by atoms with E-state index in [9.17, 15) is 4.79 Å². The molecule has 1 unspecified atom stereocenters. The molecule has 0 saturated carbocycles. The molecule has 19 heavy (non-hydrogen) atoms. The van der Waals surface area contributed by atoms with Crippen molar-refractivity contribution in [2.45, 2.75) is 13.0 Å². The predicted octanol–water partition coefficient (Wildman–Crippen LogP) is 3.49. The van der Waals surface area contributed by atoms with Crippen LogP contribution in [0.2, 0.25) is 0 Å². The second-order valence-electron chi connectivity index (χ2n) is 3.93. The SMILES string of the molecule is COC(=O)Nc1ccc(NC(C)c2nccs2)cc1. The number of amides is 1. The number of rotatable bonds is 4. The molecule has 0 aliphatic rings. The highest BCUT2D eigenvalue weighted by Crippen LogP contribution is 2.22. The standard InChI is InChI=1S/C13H15N3O2S/c1-9(12-14-7-8-19-12)15-10-3-5-11(6-4-10)16-13(17)18-2/h3-9,15H,1-2H3,(H,16,17). The van der Waals surface area contributed by atoms with Gasteiger partial charge in [0.15, 0.2) is 0 Å². The summed E-state index contributed by atoms with van der Waals surface area (Å²) < 4.78 is 4.53. The van der Waals surface area contributed by atoms with Gasteiger partial charge >= 0.3 is 6.09 Å². The molecule has 2 aromatic rings. The normalized spacial score (nSPS) is 11.7. The summed E-state index contributed by atoms with van der Waals surface area (Å²) >= 11 is 1.62. The van der Waals surface area contributed by atoms with Gasteiger partial charge in [0.1, 0.15) is 5.01 Å². The Kier molecular flexibility index (Phi) is 4.35. The summed E-state index contributed by atoms with van der Waals surface area (Å²) in [6.07, 6.45) is 1.32. The van der Waals surface area contributed by atoms with E-state index < -0.39 is 6.09 Å². The van der Waals surface area contributed by atoms with Gasteiger partial charge in [0, 0.05) is 23.0 Å². The van der Waals surface area contributed by atoms with Crippen LogP contribution in [-0.2, 0) is 4.74 Å². The quantitative estimate of drug-likeness (QED) is 0.898. The van der Waals surface area contributed by atoms with Gasteiger partial charge < -0.3 is 10.1 Å². The third-order valence-electron chi connectivity index (χ3n) is 2.52. The van der Waals surface area contributed by atoms with Crippen molar-refractivity contribution in [3.63, 3.8) is 0 Å². The van der Waals surface area contributed by atoms with Crippen LogP contribution in [0.1, 0.15) is 18.0 Å². The minimum atomic E-state index is -0.475. The van der Waals surface area contributed by atoms with Crippen LogP contribution in [0.4, 0.5) is 16.2 Å². The highest BCUT2D eigenvalue weighted by Gasteiger charge is 2.07. The lowest BCUT2D eigenvalue weighted by atomic mass is 10.2. The zero-order valence-electron chi connectivity index (χ0n) is 10.7. The minimum Gasteiger partial charge on any atom is -0.453 e. The Morgan fingerprint density at radius 3 is 2.58 bits per heavy atom. The van der Waals surface area contributed by atoms with E-state index in [1.165, 1.54) is 7.11 Å². The zero-order chi connectivity index (χ0) is 13.7. The Morgan fingerprint density at radius 2 is 2.00 bits per heavy atom. The number of thiazole rings is 1. The maximum Gasteiger partial charge on any atom is 0.411 e. The maximum atomic E-state index is 11.0. The summed E-state index contributed by atoms with van der Waals surface area (Å²) in [6, 6.07) is 7.58. The highest BCUT2D eigenvalue weighted by molar-refractivity contribution is 7.09. The third kappa shape index (κ3) is 3.69. The number of nitrogens with one attached hydrogen (secondary N) is 2. The van der Waals surface area contributed by atoms with E-state index in [-0.39, 0.29) is 6.04 Å². The van der Waals surface area contributed by atoms with Gasteiger partial charge in [0.2, 0.25) is 0 Å². The predicted molar refractivity (Wildman–Crippen MR) is 76.6 cm³/mol. The molecule has 1 atom stereocenters. The van der Waals surface area contributed by atoms with Gasteiger partial charge in [-0.3, -0.25) is 5.32 Å². The van der Waals surface area contributed by atoms with Crippen LogP contribution in [-0.4, -0.2) is 18.2 Å². The topological polar surface area (TPSA) is 63.2 Å². The van der Waals surface area contributed by atoms with Crippen LogP contribution in [0.5, 0.6) is 0 Å². The molecule has 100 valence electrons. The Bertz CT molecular complexity index is 525. The molecule has 0 radical (unpaired) electrons. The average Bonchev–Trinajstić information content (AvgIpc) is 2.95. The minimum absolute atomic E-state index is 0.152. The average molecular weight is 277 g/mol. The van der Waals surface area contributed by atoms with Crippen LogP contribution in [0, 0.1) is 0 Å². The Balaban J connectivity index is 1.97. The molecule has 0 saturated heterocycles. The molecule has 1 heterocycles.